The maximum Gasteiger partial charge on any atom is 0.245 e. The summed E-state index contributed by atoms with van der Waals surface area (Å²) in [6.07, 6.45) is 1.52. The SMILES string of the molecule is CN(C1CCC(=O)CC1)S(=O)(=O)c1ccc(F)cc1F. The highest BCUT2D eigenvalue weighted by atomic mass is 32.2. The number of ketones is 1. The molecule has 0 amide bonds. The Kier molecular flexibility index (Phi) is 4.19. The lowest BCUT2D eigenvalue weighted by molar-refractivity contribution is -0.120. The van der Waals surface area contributed by atoms with Crippen molar-refractivity contribution < 1.29 is 22.0 Å². The summed E-state index contributed by atoms with van der Waals surface area (Å²) in [7, 11) is -2.66. The summed E-state index contributed by atoms with van der Waals surface area (Å²) < 4.78 is 52.2. The fourth-order valence-corrected chi connectivity index (χ4v) is 3.78. The number of nitrogens with zero attached hydrogens (tertiary/aromatic N) is 1. The molecule has 1 saturated carbocycles. The molecule has 1 aliphatic carbocycles. The monoisotopic (exact) mass is 303 g/mol. The Morgan fingerprint density at radius 3 is 2.35 bits per heavy atom. The van der Waals surface area contributed by atoms with Gasteiger partial charge in [-0.15, -0.1) is 0 Å². The van der Waals surface area contributed by atoms with Gasteiger partial charge in [0, 0.05) is 32.0 Å². The number of rotatable bonds is 3. The highest BCUT2D eigenvalue weighted by Gasteiger charge is 2.32. The highest BCUT2D eigenvalue weighted by Crippen LogP contribution is 2.26. The van der Waals surface area contributed by atoms with Crippen LogP contribution in [0.3, 0.4) is 0 Å². The maximum absolute atomic E-state index is 13.6. The second-order valence-corrected chi connectivity index (χ2v) is 6.83. The van der Waals surface area contributed by atoms with Crippen LogP contribution >= 0.6 is 0 Å². The molecule has 0 radical (unpaired) electrons. The molecule has 0 spiro atoms. The van der Waals surface area contributed by atoms with E-state index in [9.17, 15) is 22.0 Å². The fraction of sp³-hybridized carbons (Fsp3) is 0.462. The van der Waals surface area contributed by atoms with E-state index >= 15 is 0 Å². The van der Waals surface area contributed by atoms with Crippen molar-refractivity contribution >= 4 is 15.8 Å². The number of Topliss-reactive ketones (excluding diaryl/α,β-unsaturated/α-hetero) is 1. The van der Waals surface area contributed by atoms with Gasteiger partial charge in [-0.3, -0.25) is 4.79 Å². The molecule has 20 heavy (non-hydrogen) atoms. The van der Waals surface area contributed by atoms with Crippen molar-refractivity contribution in [2.75, 3.05) is 7.05 Å². The first-order valence-electron chi connectivity index (χ1n) is 6.27. The molecule has 7 heteroatoms. The van der Waals surface area contributed by atoms with Gasteiger partial charge >= 0.3 is 0 Å². The molecular formula is C13H15F2NO3S. The molecular weight excluding hydrogens is 288 g/mol. The van der Waals surface area contributed by atoms with E-state index < -0.39 is 26.6 Å². The van der Waals surface area contributed by atoms with Crippen LogP contribution in [-0.4, -0.2) is 31.6 Å². The minimum absolute atomic E-state index is 0.111. The number of hydrogen-bond acceptors (Lipinski definition) is 3. The Hall–Kier alpha value is -1.34. The minimum Gasteiger partial charge on any atom is -0.300 e. The van der Waals surface area contributed by atoms with Gasteiger partial charge in [0.05, 0.1) is 0 Å². The van der Waals surface area contributed by atoms with Crippen LogP contribution in [0.1, 0.15) is 25.7 Å². The second-order valence-electron chi connectivity index (χ2n) is 4.87. The van der Waals surface area contributed by atoms with E-state index in [1.807, 2.05) is 0 Å². The molecule has 0 bridgehead atoms. The van der Waals surface area contributed by atoms with E-state index in [-0.39, 0.29) is 11.8 Å². The molecule has 0 aliphatic heterocycles. The summed E-state index contributed by atoms with van der Waals surface area (Å²) in [6, 6.07) is 2.05. The molecule has 0 unspecified atom stereocenters. The van der Waals surface area contributed by atoms with E-state index in [1.54, 1.807) is 0 Å². The third kappa shape index (κ3) is 2.88. The summed E-state index contributed by atoms with van der Waals surface area (Å²) >= 11 is 0. The number of hydrogen-bond donors (Lipinski definition) is 0. The van der Waals surface area contributed by atoms with Crippen molar-refractivity contribution in [3.63, 3.8) is 0 Å². The zero-order valence-corrected chi connectivity index (χ0v) is 11.8. The van der Waals surface area contributed by atoms with E-state index in [0.717, 1.165) is 16.4 Å². The smallest absolute Gasteiger partial charge is 0.245 e. The molecule has 110 valence electrons. The van der Waals surface area contributed by atoms with Crippen LogP contribution in [0.25, 0.3) is 0 Å². The quantitative estimate of drug-likeness (QED) is 0.859. The van der Waals surface area contributed by atoms with Crippen molar-refractivity contribution in [2.45, 2.75) is 36.6 Å². The Bertz CT molecular complexity index is 621. The molecule has 0 aromatic heterocycles. The van der Waals surface area contributed by atoms with Gasteiger partial charge < -0.3 is 0 Å². The molecule has 2 rings (SSSR count). The summed E-state index contributed by atoms with van der Waals surface area (Å²) in [5.41, 5.74) is 0. The highest BCUT2D eigenvalue weighted by molar-refractivity contribution is 7.89. The lowest BCUT2D eigenvalue weighted by atomic mass is 9.95. The summed E-state index contributed by atoms with van der Waals surface area (Å²) in [4.78, 5) is 10.6. The van der Waals surface area contributed by atoms with Crippen LogP contribution in [0.2, 0.25) is 0 Å². The van der Waals surface area contributed by atoms with Crippen LogP contribution in [0.5, 0.6) is 0 Å². The molecule has 0 atom stereocenters. The zero-order valence-electron chi connectivity index (χ0n) is 11.0. The third-order valence-electron chi connectivity index (χ3n) is 3.58. The minimum atomic E-state index is -4.02. The van der Waals surface area contributed by atoms with Crippen molar-refractivity contribution in [1.82, 2.24) is 4.31 Å². The molecule has 1 aromatic rings. The van der Waals surface area contributed by atoms with Gasteiger partial charge in [-0.1, -0.05) is 0 Å². The van der Waals surface area contributed by atoms with Gasteiger partial charge in [-0.25, -0.2) is 17.2 Å². The largest absolute Gasteiger partial charge is 0.300 e. The molecule has 0 N–H and O–H groups in total. The predicted octanol–water partition coefficient (Wildman–Crippen LogP) is 2.10. The van der Waals surface area contributed by atoms with Gasteiger partial charge in [0.15, 0.2) is 0 Å². The molecule has 4 nitrogen and oxygen atoms in total. The molecule has 1 fully saturated rings. The van der Waals surface area contributed by atoms with Gasteiger partial charge in [0.1, 0.15) is 22.3 Å². The average Bonchev–Trinajstić information content (AvgIpc) is 2.38. The Labute approximate surface area is 116 Å². The van der Waals surface area contributed by atoms with E-state index in [1.165, 1.54) is 7.05 Å². The first kappa shape index (κ1) is 15.1. The summed E-state index contributed by atoms with van der Waals surface area (Å²) in [5, 5.41) is 0. The molecule has 1 aliphatic rings. The van der Waals surface area contributed by atoms with E-state index in [4.69, 9.17) is 0 Å². The number of halogens is 2. The molecule has 1 aromatic carbocycles. The third-order valence-corrected chi connectivity index (χ3v) is 5.52. The van der Waals surface area contributed by atoms with Crippen LogP contribution in [0, 0.1) is 11.6 Å². The first-order valence-corrected chi connectivity index (χ1v) is 7.71. The van der Waals surface area contributed by atoms with Crippen LogP contribution in [0.4, 0.5) is 8.78 Å². The summed E-state index contributed by atoms with van der Waals surface area (Å²) in [6.45, 7) is 0. The average molecular weight is 303 g/mol. The number of benzene rings is 1. The van der Waals surface area contributed by atoms with Crippen molar-refractivity contribution in [2.24, 2.45) is 0 Å². The maximum atomic E-state index is 13.6. The van der Waals surface area contributed by atoms with Gasteiger partial charge in [-0.2, -0.15) is 4.31 Å². The lowest BCUT2D eigenvalue weighted by Crippen LogP contribution is -2.39. The standard InChI is InChI=1S/C13H15F2NO3S/c1-16(10-3-5-11(17)6-4-10)20(18,19)13-7-2-9(14)8-12(13)15/h2,7-8,10H,3-6H2,1H3. The normalized spacial score (nSPS) is 17.7. The number of carbonyl (C=O) groups excluding carboxylic acids is 1. The molecule has 0 heterocycles. The van der Waals surface area contributed by atoms with Gasteiger partial charge in [0.25, 0.3) is 0 Å². The topological polar surface area (TPSA) is 54.5 Å². The number of sulfonamides is 1. The zero-order chi connectivity index (χ0) is 14.9. The Morgan fingerprint density at radius 1 is 1.20 bits per heavy atom. The van der Waals surface area contributed by atoms with E-state index in [2.05, 4.69) is 0 Å². The first-order chi connectivity index (χ1) is 9.32. The predicted molar refractivity (Wildman–Crippen MR) is 68.6 cm³/mol. The Morgan fingerprint density at radius 2 is 1.80 bits per heavy atom. The molecule has 0 saturated heterocycles. The van der Waals surface area contributed by atoms with Crippen LogP contribution in [0.15, 0.2) is 23.1 Å². The summed E-state index contributed by atoms with van der Waals surface area (Å²) in [5.74, 6) is -1.82. The van der Waals surface area contributed by atoms with Crippen molar-refractivity contribution in [1.29, 1.82) is 0 Å². The van der Waals surface area contributed by atoms with Crippen LogP contribution in [-0.2, 0) is 14.8 Å². The van der Waals surface area contributed by atoms with Crippen LogP contribution < -0.4 is 0 Å². The lowest BCUT2D eigenvalue weighted by Gasteiger charge is -2.30. The second kappa shape index (κ2) is 5.57. The van der Waals surface area contributed by atoms with Gasteiger partial charge in [0.2, 0.25) is 10.0 Å². The number of carbonyl (C=O) groups is 1. The van der Waals surface area contributed by atoms with Crippen molar-refractivity contribution in [3.05, 3.63) is 29.8 Å². The Balaban J connectivity index is 2.27. The van der Waals surface area contributed by atoms with Gasteiger partial charge in [-0.05, 0) is 25.0 Å². The fourth-order valence-electron chi connectivity index (χ4n) is 2.32. The van der Waals surface area contributed by atoms with E-state index in [0.29, 0.717) is 31.7 Å². The van der Waals surface area contributed by atoms with Crippen molar-refractivity contribution in [3.8, 4) is 0 Å².